The monoisotopic (exact) mass is 196 g/mol. The van der Waals surface area contributed by atoms with Gasteiger partial charge < -0.3 is 14.4 Å². The van der Waals surface area contributed by atoms with E-state index in [0.717, 1.165) is 18.9 Å². The third kappa shape index (κ3) is 1.96. The van der Waals surface area contributed by atoms with Gasteiger partial charge in [0.2, 0.25) is 0 Å². The fraction of sp³-hybridized carbons (Fsp3) is 0.700. The number of hydrogen-bond donors (Lipinski definition) is 1. The average molecular weight is 196 g/mol. The number of aromatic nitrogens is 1. The molecule has 1 atom stereocenters. The molecule has 4 heteroatoms. The van der Waals surface area contributed by atoms with Gasteiger partial charge in [0.1, 0.15) is 12.0 Å². The topological polar surface area (TPSA) is 49.5 Å². The Labute approximate surface area is 83.5 Å². The summed E-state index contributed by atoms with van der Waals surface area (Å²) in [6, 6.07) is 0.556. The number of likely N-dealkylation sites (N-methyl/N-ethyl adjacent to an activating group) is 1. The van der Waals surface area contributed by atoms with Gasteiger partial charge in [-0.1, -0.05) is 0 Å². The number of aliphatic hydroxyl groups is 1. The van der Waals surface area contributed by atoms with Crippen molar-refractivity contribution in [3.8, 4) is 0 Å². The number of rotatable bonds is 3. The average Bonchev–Trinajstić information content (AvgIpc) is 2.77. The minimum absolute atomic E-state index is 0.0377. The second kappa shape index (κ2) is 4.11. The molecule has 0 radical (unpaired) electrons. The summed E-state index contributed by atoms with van der Waals surface area (Å²) < 4.78 is 5.27. The first-order chi connectivity index (χ1) is 6.79. The number of likely N-dealkylation sites (tertiary alicyclic amines) is 1. The van der Waals surface area contributed by atoms with Crippen molar-refractivity contribution in [2.75, 3.05) is 13.6 Å². The molecule has 14 heavy (non-hydrogen) atoms. The maximum atomic E-state index is 8.83. The van der Waals surface area contributed by atoms with Crippen LogP contribution >= 0.6 is 0 Å². The number of hydrogen-bond acceptors (Lipinski definition) is 4. The zero-order valence-corrected chi connectivity index (χ0v) is 8.44. The Bertz CT molecular complexity index is 298. The zero-order valence-electron chi connectivity index (χ0n) is 8.44. The van der Waals surface area contributed by atoms with Crippen LogP contribution in [0.1, 0.15) is 24.4 Å². The van der Waals surface area contributed by atoms with Gasteiger partial charge in [-0.3, -0.25) is 0 Å². The van der Waals surface area contributed by atoms with Crippen molar-refractivity contribution in [1.29, 1.82) is 0 Å². The van der Waals surface area contributed by atoms with Crippen LogP contribution in [0.4, 0.5) is 0 Å². The Morgan fingerprint density at radius 2 is 2.57 bits per heavy atom. The van der Waals surface area contributed by atoms with E-state index in [1.54, 1.807) is 0 Å². The molecule has 1 fully saturated rings. The van der Waals surface area contributed by atoms with E-state index in [-0.39, 0.29) is 6.61 Å². The highest BCUT2D eigenvalue weighted by Crippen LogP contribution is 2.18. The molecule has 2 heterocycles. The fourth-order valence-corrected chi connectivity index (χ4v) is 1.95. The van der Waals surface area contributed by atoms with Crippen LogP contribution in [-0.4, -0.2) is 34.6 Å². The second-order valence-corrected chi connectivity index (χ2v) is 3.87. The molecule has 1 aliphatic heterocycles. The SMILES string of the molecule is CN1CCCC1Cc1nc(CO)co1. The van der Waals surface area contributed by atoms with Gasteiger partial charge in [-0.25, -0.2) is 4.98 Å². The lowest BCUT2D eigenvalue weighted by Crippen LogP contribution is -2.26. The molecule has 1 aliphatic rings. The molecule has 4 nitrogen and oxygen atoms in total. The summed E-state index contributed by atoms with van der Waals surface area (Å²) in [7, 11) is 2.13. The van der Waals surface area contributed by atoms with Crippen LogP contribution in [0.5, 0.6) is 0 Å². The van der Waals surface area contributed by atoms with Crippen LogP contribution in [0.3, 0.4) is 0 Å². The third-order valence-electron chi connectivity index (χ3n) is 2.84. The van der Waals surface area contributed by atoms with Crippen molar-refractivity contribution in [2.24, 2.45) is 0 Å². The number of oxazole rings is 1. The first-order valence-corrected chi connectivity index (χ1v) is 5.04. The van der Waals surface area contributed by atoms with Crippen LogP contribution in [-0.2, 0) is 13.0 Å². The molecule has 0 saturated carbocycles. The molecule has 1 N–H and O–H groups in total. The van der Waals surface area contributed by atoms with Crippen molar-refractivity contribution in [3.63, 3.8) is 0 Å². The first-order valence-electron chi connectivity index (χ1n) is 5.04. The van der Waals surface area contributed by atoms with Gasteiger partial charge in [0.25, 0.3) is 0 Å². The normalized spacial score (nSPS) is 23.1. The lowest BCUT2D eigenvalue weighted by atomic mass is 10.1. The molecule has 0 spiro atoms. The minimum atomic E-state index is -0.0377. The highest BCUT2D eigenvalue weighted by molar-refractivity contribution is 4.97. The molecule has 0 aromatic carbocycles. The van der Waals surface area contributed by atoms with Crippen molar-refractivity contribution >= 4 is 0 Å². The van der Waals surface area contributed by atoms with Gasteiger partial charge in [0.05, 0.1) is 6.61 Å². The van der Waals surface area contributed by atoms with Crippen molar-refractivity contribution in [2.45, 2.75) is 31.9 Å². The fourth-order valence-electron chi connectivity index (χ4n) is 1.95. The van der Waals surface area contributed by atoms with E-state index in [1.807, 2.05) is 0 Å². The van der Waals surface area contributed by atoms with Crippen LogP contribution < -0.4 is 0 Å². The first kappa shape index (κ1) is 9.68. The Hall–Kier alpha value is -0.870. The molecule has 1 aromatic rings. The number of nitrogens with zero attached hydrogens (tertiary/aromatic N) is 2. The summed E-state index contributed by atoms with van der Waals surface area (Å²) in [5.41, 5.74) is 0.626. The highest BCUT2D eigenvalue weighted by atomic mass is 16.3. The van der Waals surface area contributed by atoms with E-state index < -0.39 is 0 Å². The molecular formula is C10H16N2O2. The molecule has 1 unspecified atom stereocenters. The molecule has 1 saturated heterocycles. The lowest BCUT2D eigenvalue weighted by Gasteiger charge is -2.16. The van der Waals surface area contributed by atoms with E-state index in [0.29, 0.717) is 11.7 Å². The molecule has 1 aromatic heterocycles. The quantitative estimate of drug-likeness (QED) is 0.777. The predicted molar refractivity (Wildman–Crippen MR) is 51.8 cm³/mol. The standard InChI is InChI=1S/C10H16N2O2/c1-12-4-2-3-9(12)5-10-11-8(6-13)7-14-10/h7,9,13H,2-6H2,1H3. The summed E-state index contributed by atoms with van der Waals surface area (Å²) in [6.07, 6.45) is 4.86. The highest BCUT2D eigenvalue weighted by Gasteiger charge is 2.22. The largest absolute Gasteiger partial charge is 0.449 e. The van der Waals surface area contributed by atoms with Crippen LogP contribution in [0.2, 0.25) is 0 Å². The van der Waals surface area contributed by atoms with Gasteiger partial charge >= 0.3 is 0 Å². The molecule has 78 valence electrons. The molecule has 2 rings (SSSR count). The van der Waals surface area contributed by atoms with Crippen LogP contribution in [0.15, 0.2) is 10.7 Å². The van der Waals surface area contributed by atoms with E-state index in [9.17, 15) is 0 Å². The predicted octanol–water partition coefficient (Wildman–Crippen LogP) is 0.804. The number of aliphatic hydroxyl groups excluding tert-OH is 1. The third-order valence-corrected chi connectivity index (χ3v) is 2.84. The van der Waals surface area contributed by atoms with Crippen LogP contribution in [0.25, 0.3) is 0 Å². The summed E-state index contributed by atoms with van der Waals surface area (Å²) in [5.74, 6) is 0.743. The lowest BCUT2D eigenvalue weighted by molar-refractivity contribution is 0.276. The molecule has 0 aliphatic carbocycles. The molecule has 0 bridgehead atoms. The smallest absolute Gasteiger partial charge is 0.195 e. The van der Waals surface area contributed by atoms with E-state index >= 15 is 0 Å². The Morgan fingerprint density at radius 3 is 3.14 bits per heavy atom. The van der Waals surface area contributed by atoms with E-state index in [4.69, 9.17) is 9.52 Å². The second-order valence-electron chi connectivity index (χ2n) is 3.87. The van der Waals surface area contributed by atoms with Gasteiger partial charge in [0.15, 0.2) is 5.89 Å². The Kier molecular flexibility index (Phi) is 2.84. The maximum Gasteiger partial charge on any atom is 0.195 e. The van der Waals surface area contributed by atoms with Crippen molar-refractivity contribution < 1.29 is 9.52 Å². The van der Waals surface area contributed by atoms with Gasteiger partial charge in [-0.05, 0) is 26.4 Å². The molecular weight excluding hydrogens is 180 g/mol. The van der Waals surface area contributed by atoms with Crippen molar-refractivity contribution in [1.82, 2.24) is 9.88 Å². The summed E-state index contributed by atoms with van der Waals surface area (Å²) in [6.45, 7) is 1.13. The summed E-state index contributed by atoms with van der Waals surface area (Å²) >= 11 is 0. The summed E-state index contributed by atoms with van der Waals surface area (Å²) in [5, 5.41) is 8.83. The Balaban J connectivity index is 1.96. The van der Waals surface area contributed by atoms with Crippen LogP contribution in [0, 0.1) is 0 Å². The zero-order chi connectivity index (χ0) is 9.97. The van der Waals surface area contributed by atoms with Gasteiger partial charge in [-0.15, -0.1) is 0 Å². The van der Waals surface area contributed by atoms with Gasteiger partial charge in [-0.2, -0.15) is 0 Å². The van der Waals surface area contributed by atoms with E-state index in [2.05, 4.69) is 16.9 Å². The molecule has 0 amide bonds. The van der Waals surface area contributed by atoms with Gasteiger partial charge in [0, 0.05) is 12.5 Å². The van der Waals surface area contributed by atoms with E-state index in [1.165, 1.54) is 19.1 Å². The Morgan fingerprint density at radius 1 is 1.71 bits per heavy atom. The maximum absolute atomic E-state index is 8.83. The van der Waals surface area contributed by atoms with Crippen molar-refractivity contribution in [3.05, 3.63) is 17.8 Å². The minimum Gasteiger partial charge on any atom is -0.449 e. The summed E-state index contributed by atoms with van der Waals surface area (Å²) in [4.78, 5) is 6.52.